The third-order valence-electron chi connectivity index (χ3n) is 7.68. The maximum Gasteiger partial charge on any atom is 0.240 e. The van der Waals surface area contributed by atoms with E-state index in [0.717, 1.165) is 28.0 Å². The molecule has 12 nitrogen and oxygen atoms in total. The zero-order valence-electron chi connectivity index (χ0n) is 28.3. The average Bonchev–Trinajstić information content (AvgIpc) is 3.06. The number of hydrogen-bond acceptors (Lipinski definition) is 8. The van der Waals surface area contributed by atoms with E-state index in [1.54, 1.807) is 4.90 Å². The summed E-state index contributed by atoms with van der Waals surface area (Å²) in [4.78, 5) is 50.8. The van der Waals surface area contributed by atoms with E-state index < -0.39 is 11.9 Å². The first kappa shape index (κ1) is 38.3. The fourth-order valence-corrected chi connectivity index (χ4v) is 5.13. The number of ether oxygens (including phenoxy) is 4. The van der Waals surface area contributed by atoms with Gasteiger partial charge in [0.2, 0.25) is 23.6 Å². The molecule has 4 N–H and O–H groups in total. The Morgan fingerprint density at radius 3 is 2.04 bits per heavy atom. The third kappa shape index (κ3) is 13.2. The van der Waals surface area contributed by atoms with E-state index in [-0.39, 0.29) is 49.5 Å². The van der Waals surface area contributed by atoms with Crippen molar-refractivity contribution in [3.8, 4) is 0 Å². The summed E-state index contributed by atoms with van der Waals surface area (Å²) in [5.74, 6) is -1.24. The van der Waals surface area contributed by atoms with Crippen molar-refractivity contribution in [2.24, 2.45) is 11.7 Å². The molecule has 1 heterocycles. The lowest BCUT2D eigenvalue weighted by molar-refractivity contribution is -0.129. The van der Waals surface area contributed by atoms with Gasteiger partial charge in [-0.3, -0.25) is 19.2 Å². The molecule has 262 valence electrons. The number of amides is 4. The molecule has 0 saturated carbocycles. The fraction of sp³-hybridized carbons (Fsp3) is 0.500. The molecule has 0 aliphatic carbocycles. The summed E-state index contributed by atoms with van der Waals surface area (Å²) in [7, 11) is 0. The van der Waals surface area contributed by atoms with Gasteiger partial charge in [0.15, 0.2) is 0 Å². The van der Waals surface area contributed by atoms with E-state index in [9.17, 15) is 19.2 Å². The molecule has 1 atom stereocenters. The molecule has 1 aliphatic rings. The summed E-state index contributed by atoms with van der Waals surface area (Å²) in [5.41, 5.74) is 10.4. The molecule has 2 aromatic carbocycles. The topological polar surface area (TPSA) is 159 Å². The minimum atomic E-state index is -0.692. The quantitative estimate of drug-likeness (QED) is 0.172. The zero-order chi connectivity index (χ0) is 34.7. The molecule has 12 heteroatoms. The standard InChI is InChI=1S/C36H50N4O8/c1-26(2)35(36(37)44)39-33(42)14-16-45-18-20-47-22-23-48-21-19-46-17-15-38-32(41)12-13-34(43)40-25-29-9-4-6-10-30(29)27(3)24-28-8-5-7-11-31(28)40/h4-11,24,26,35H,12-23,25H2,1-3H3,(H2,37,44)(H,38,41)(H,39,42)/b27-24-/t35-/m0/s1. The average molecular weight is 667 g/mol. The molecule has 0 spiro atoms. The monoisotopic (exact) mass is 666 g/mol. The van der Waals surface area contributed by atoms with Gasteiger partial charge in [-0.1, -0.05) is 56.3 Å². The van der Waals surface area contributed by atoms with Crippen LogP contribution in [0.4, 0.5) is 5.69 Å². The van der Waals surface area contributed by atoms with E-state index >= 15 is 0 Å². The van der Waals surface area contributed by atoms with Crippen LogP contribution in [0.15, 0.2) is 48.5 Å². The summed E-state index contributed by atoms with van der Waals surface area (Å²) in [6.45, 7) is 9.26. The van der Waals surface area contributed by atoms with Crippen molar-refractivity contribution in [2.75, 3.05) is 64.3 Å². The highest BCUT2D eigenvalue weighted by Gasteiger charge is 2.23. The lowest BCUT2D eigenvalue weighted by Crippen LogP contribution is -2.47. The Hall–Kier alpha value is -4.10. The van der Waals surface area contributed by atoms with Gasteiger partial charge in [-0.25, -0.2) is 0 Å². The van der Waals surface area contributed by atoms with Crippen molar-refractivity contribution < 1.29 is 38.1 Å². The number of primary amides is 1. The number of rotatable bonds is 21. The van der Waals surface area contributed by atoms with Crippen LogP contribution in [0.25, 0.3) is 11.6 Å². The third-order valence-corrected chi connectivity index (χ3v) is 7.68. The number of nitrogens with zero attached hydrogens (tertiary/aromatic N) is 1. The molecule has 0 bridgehead atoms. The largest absolute Gasteiger partial charge is 0.379 e. The van der Waals surface area contributed by atoms with Crippen molar-refractivity contribution >= 4 is 41.0 Å². The first-order chi connectivity index (χ1) is 23.2. The SMILES string of the molecule is C/C1=C/c2ccccc2N(C(=O)CCC(=O)NCCOCCOCCOCCOCCC(=O)N[C@H](C(N)=O)C(C)C)Cc2ccccc21. The van der Waals surface area contributed by atoms with E-state index in [0.29, 0.717) is 59.3 Å². The van der Waals surface area contributed by atoms with Gasteiger partial charge in [-0.2, -0.15) is 0 Å². The normalized spacial score (nSPS) is 14.2. The zero-order valence-corrected chi connectivity index (χ0v) is 28.3. The second kappa shape index (κ2) is 21.0. The number of nitrogens with one attached hydrogen (secondary N) is 2. The maximum absolute atomic E-state index is 13.4. The van der Waals surface area contributed by atoms with Crippen molar-refractivity contribution in [1.29, 1.82) is 0 Å². The number of fused-ring (bicyclic) bond motifs is 2. The second-order valence-corrected chi connectivity index (χ2v) is 11.8. The Kier molecular flexibility index (Phi) is 16.8. The number of carbonyl (C=O) groups excluding carboxylic acids is 4. The van der Waals surface area contributed by atoms with Crippen LogP contribution in [-0.2, 0) is 44.7 Å². The number of carbonyl (C=O) groups is 4. The van der Waals surface area contributed by atoms with Crippen LogP contribution in [0.5, 0.6) is 0 Å². The molecular weight excluding hydrogens is 616 g/mol. The minimum Gasteiger partial charge on any atom is -0.379 e. The predicted octanol–water partition coefficient (Wildman–Crippen LogP) is 3.07. The highest BCUT2D eigenvalue weighted by molar-refractivity contribution is 5.99. The number of allylic oxidation sites excluding steroid dienone is 1. The Morgan fingerprint density at radius 1 is 0.771 bits per heavy atom. The molecule has 4 amide bonds. The molecule has 48 heavy (non-hydrogen) atoms. The van der Waals surface area contributed by atoms with Crippen molar-refractivity contribution in [1.82, 2.24) is 10.6 Å². The summed E-state index contributed by atoms with van der Waals surface area (Å²) in [6, 6.07) is 15.2. The molecule has 0 radical (unpaired) electrons. The molecule has 2 aromatic rings. The number of nitrogens with two attached hydrogens (primary N) is 1. The van der Waals surface area contributed by atoms with Crippen LogP contribution in [0.1, 0.15) is 56.7 Å². The molecule has 1 aliphatic heterocycles. The Labute approximate surface area is 283 Å². The fourth-order valence-electron chi connectivity index (χ4n) is 5.13. The minimum absolute atomic E-state index is 0.0841. The van der Waals surface area contributed by atoms with Gasteiger partial charge in [-0.05, 0) is 47.2 Å². The maximum atomic E-state index is 13.4. The first-order valence-electron chi connectivity index (χ1n) is 16.5. The van der Waals surface area contributed by atoms with E-state index in [1.165, 1.54) is 0 Å². The summed E-state index contributed by atoms with van der Waals surface area (Å²) < 4.78 is 21.8. The lowest BCUT2D eigenvalue weighted by atomic mass is 9.95. The molecule has 0 unspecified atom stereocenters. The van der Waals surface area contributed by atoms with Gasteiger partial charge in [0.05, 0.1) is 65.1 Å². The van der Waals surface area contributed by atoms with Crippen molar-refractivity contribution in [2.45, 2.75) is 52.6 Å². The Morgan fingerprint density at radius 2 is 1.38 bits per heavy atom. The molecular formula is C36H50N4O8. The molecule has 0 fully saturated rings. The highest BCUT2D eigenvalue weighted by Crippen LogP contribution is 2.32. The van der Waals surface area contributed by atoms with Crippen molar-refractivity contribution in [3.63, 3.8) is 0 Å². The van der Waals surface area contributed by atoms with Gasteiger partial charge in [-0.15, -0.1) is 0 Å². The van der Waals surface area contributed by atoms with Crippen LogP contribution >= 0.6 is 0 Å². The van der Waals surface area contributed by atoms with Crippen LogP contribution in [0, 0.1) is 5.92 Å². The number of benzene rings is 2. The van der Waals surface area contributed by atoms with Crippen molar-refractivity contribution in [3.05, 3.63) is 65.2 Å². The predicted molar refractivity (Wildman–Crippen MR) is 184 cm³/mol. The highest BCUT2D eigenvalue weighted by atomic mass is 16.6. The molecule has 3 rings (SSSR count). The second-order valence-electron chi connectivity index (χ2n) is 11.8. The van der Waals surface area contributed by atoms with Gasteiger partial charge in [0, 0.05) is 25.8 Å². The lowest BCUT2D eigenvalue weighted by Gasteiger charge is -2.28. The van der Waals surface area contributed by atoms with Crippen LogP contribution < -0.4 is 21.3 Å². The van der Waals surface area contributed by atoms with Crippen LogP contribution in [0.3, 0.4) is 0 Å². The summed E-state index contributed by atoms with van der Waals surface area (Å²) in [6.07, 6.45) is 2.42. The number of para-hydroxylation sites is 1. The van der Waals surface area contributed by atoms with Gasteiger partial charge >= 0.3 is 0 Å². The van der Waals surface area contributed by atoms with E-state index in [2.05, 4.69) is 29.7 Å². The van der Waals surface area contributed by atoms with Gasteiger partial charge < -0.3 is 40.2 Å². The first-order valence-corrected chi connectivity index (χ1v) is 16.5. The Balaban J connectivity index is 1.19. The van der Waals surface area contributed by atoms with Crippen LogP contribution in [0.2, 0.25) is 0 Å². The van der Waals surface area contributed by atoms with Gasteiger partial charge in [0.1, 0.15) is 6.04 Å². The summed E-state index contributed by atoms with van der Waals surface area (Å²) in [5, 5.41) is 5.42. The Bertz CT molecular complexity index is 1380. The number of hydrogen-bond donors (Lipinski definition) is 3. The van der Waals surface area contributed by atoms with E-state index in [1.807, 2.05) is 56.3 Å². The van der Waals surface area contributed by atoms with E-state index in [4.69, 9.17) is 24.7 Å². The molecule has 0 saturated heterocycles. The molecule has 0 aromatic heterocycles. The summed E-state index contributed by atoms with van der Waals surface area (Å²) >= 11 is 0. The van der Waals surface area contributed by atoms with Crippen LogP contribution in [-0.4, -0.2) is 89.1 Å². The van der Waals surface area contributed by atoms with Gasteiger partial charge in [0.25, 0.3) is 0 Å². The smallest absolute Gasteiger partial charge is 0.240 e. The number of anilines is 1.